The second-order valence-electron chi connectivity index (χ2n) is 3.93. The molecule has 6 nitrogen and oxygen atoms in total. The van der Waals surface area contributed by atoms with Crippen LogP contribution in [0.2, 0.25) is 0 Å². The van der Waals surface area contributed by atoms with E-state index < -0.39 is 6.10 Å². The minimum Gasteiger partial charge on any atom is -0.389 e. The molecule has 1 rings (SSSR count). The van der Waals surface area contributed by atoms with E-state index in [-0.39, 0.29) is 0 Å². The Morgan fingerprint density at radius 3 is 2.50 bits per heavy atom. The Morgan fingerprint density at radius 1 is 1.22 bits per heavy atom. The first-order chi connectivity index (χ1) is 8.74. The summed E-state index contributed by atoms with van der Waals surface area (Å²) in [6.45, 7) is 5.30. The molecule has 0 saturated carbocycles. The lowest BCUT2D eigenvalue weighted by atomic mass is 10.2. The van der Waals surface area contributed by atoms with Crippen molar-refractivity contribution in [3.8, 4) is 0 Å². The summed E-state index contributed by atoms with van der Waals surface area (Å²) in [7, 11) is 1.64. The summed E-state index contributed by atoms with van der Waals surface area (Å²) in [5.74, 6) is 0. The van der Waals surface area contributed by atoms with Gasteiger partial charge in [-0.05, 0) is 6.92 Å². The fourth-order valence-electron chi connectivity index (χ4n) is 1.34. The molecule has 0 spiro atoms. The molecule has 0 bridgehead atoms. The highest BCUT2D eigenvalue weighted by molar-refractivity contribution is 5.06. The van der Waals surface area contributed by atoms with Gasteiger partial charge in [0, 0.05) is 18.9 Å². The van der Waals surface area contributed by atoms with Crippen molar-refractivity contribution in [2.75, 3.05) is 40.1 Å². The maximum Gasteiger partial charge on any atom is 0.0792 e. The van der Waals surface area contributed by atoms with Crippen LogP contribution in [-0.4, -0.2) is 55.0 Å². The van der Waals surface area contributed by atoms with Crippen LogP contribution in [0.15, 0.2) is 12.4 Å². The molecule has 18 heavy (non-hydrogen) atoms. The monoisotopic (exact) mass is 258 g/mol. The summed E-state index contributed by atoms with van der Waals surface area (Å²) in [4.78, 5) is 0. The quantitative estimate of drug-likeness (QED) is 0.623. The number of aliphatic hydroxyl groups is 1. The second-order valence-corrected chi connectivity index (χ2v) is 3.93. The molecular weight excluding hydrogens is 236 g/mol. The van der Waals surface area contributed by atoms with E-state index in [1.807, 2.05) is 6.20 Å². The summed E-state index contributed by atoms with van der Waals surface area (Å²) in [5, 5.41) is 13.5. The maximum absolute atomic E-state index is 9.34. The van der Waals surface area contributed by atoms with Crippen LogP contribution in [0.25, 0.3) is 0 Å². The molecule has 1 heterocycles. The number of rotatable bonds is 10. The smallest absolute Gasteiger partial charge is 0.0792 e. The molecule has 0 aliphatic carbocycles. The van der Waals surface area contributed by atoms with Crippen LogP contribution in [0.1, 0.15) is 18.6 Å². The van der Waals surface area contributed by atoms with E-state index in [0.717, 1.165) is 5.56 Å². The fourth-order valence-corrected chi connectivity index (χ4v) is 1.34. The molecule has 0 aromatic carbocycles. The molecule has 0 saturated heterocycles. The van der Waals surface area contributed by atoms with E-state index in [9.17, 15) is 5.11 Å². The lowest BCUT2D eigenvalue weighted by Gasteiger charge is -2.05. The zero-order valence-corrected chi connectivity index (χ0v) is 11.0. The van der Waals surface area contributed by atoms with Gasteiger partial charge in [-0.15, -0.1) is 0 Å². The lowest BCUT2D eigenvalue weighted by Crippen LogP contribution is -2.11. The van der Waals surface area contributed by atoms with E-state index in [1.54, 1.807) is 24.9 Å². The van der Waals surface area contributed by atoms with Crippen molar-refractivity contribution in [3.05, 3.63) is 18.0 Å². The van der Waals surface area contributed by atoms with Gasteiger partial charge in [0.15, 0.2) is 0 Å². The van der Waals surface area contributed by atoms with Gasteiger partial charge >= 0.3 is 0 Å². The predicted molar refractivity (Wildman–Crippen MR) is 66.4 cm³/mol. The minimum absolute atomic E-state index is 0.478. The molecule has 104 valence electrons. The third-order valence-electron chi connectivity index (χ3n) is 2.40. The Kier molecular flexibility index (Phi) is 7.59. The normalized spacial score (nSPS) is 12.8. The molecule has 1 aromatic heterocycles. The van der Waals surface area contributed by atoms with Gasteiger partial charge in [-0.1, -0.05) is 0 Å². The van der Waals surface area contributed by atoms with E-state index in [2.05, 4.69) is 5.10 Å². The van der Waals surface area contributed by atoms with E-state index in [1.165, 1.54) is 0 Å². The fraction of sp³-hybridized carbons (Fsp3) is 0.750. The van der Waals surface area contributed by atoms with Crippen LogP contribution in [-0.2, 0) is 20.8 Å². The van der Waals surface area contributed by atoms with Gasteiger partial charge in [-0.25, -0.2) is 0 Å². The maximum atomic E-state index is 9.34. The molecule has 0 fully saturated rings. The first-order valence-electron chi connectivity index (χ1n) is 6.09. The van der Waals surface area contributed by atoms with E-state index >= 15 is 0 Å². The average molecular weight is 258 g/mol. The largest absolute Gasteiger partial charge is 0.389 e. The summed E-state index contributed by atoms with van der Waals surface area (Å²) in [6.07, 6.45) is 3.01. The Balaban J connectivity index is 2.00. The zero-order chi connectivity index (χ0) is 13.2. The van der Waals surface area contributed by atoms with Crippen molar-refractivity contribution in [2.24, 2.45) is 0 Å². The highest BCUT2D eigenvalue weighted by Crippen LogP contribution is 2.09. The van der Waals surface area contributed by atoms with Gasteiger partial charge in [-0.2, -0.15) is 5.10 Å². The summed E-state index contributed by atoms with van der Waals surface area (Å²) >= 11 is 0. The predicted octanol–water partition coefficient (Wildman–Crippen LogP) is 0.616. The summed E-state index contributed by atoms with van der Waals surface area (Å²) < 4.78 is 17.3. The number of nitrogens with zero attached hydrogens (tertiary/aromatic N) is 2. The van der Waals surface area contributed by atoms with Gasteiger partial charge in [0.05, 0.1) is 51.9 Å². The van der Waals surface area contributed by atoms with Crippen molar-refractivity contribution < 1.29 is 19.3 Å². The number of ether oxygens (including phenoxy) is 3. The molecule has 0 radical (unpaired) electrons. The topological polar surface area (TPSA) is 65.7 Å². The highest BCUT2D eigenvalue weighted by atomic mass is 16.5. The standard InChI is InChI=1S/C12H22N2O4/c1-11(15)12-9-13-14(10-12)3-4-17-7-8-18-6-5-16-2/h9-11,15H,3-8H2,1-2H3. The molecule has 0 amide bonds. The third-order valence-corrected chi connectivity index (χ3v) is 2.40. The van der Waals surface area contributed by atoms with Crippen molar-refractivity contribution in [1.29, 1.82) is 0 Å². The lowest BCUT2D eigenvalue weighted by molar-refractivity contribution is 0.0225. The van der Waals surface area contributed by atoms with Crippen molar-refractivity contribution >= 4 is 0 Å². The molecule has 0 aliphatic rings. The SMILES string of the molecule is COCCOCCOCCn1cc(C(C)O)cn1. The van der Waals surface area contributed by atoms with Gasteiger partial charge in [0.1, 0.15) is 0 Å². The Labute approximate surface area is 107 Å². The molecule has 6 heteroatoms. The van der Waals surface area contributed by atoms with Crippen molar-refractivity contribution in [3.63, 3.8) is 0 Å². The summed E-state index contributed by atoms with van der Waals surface area (Å²) in [6, 6.07) is 0. The second kappa shape index (κ2) is 9.04. The number of aliphatic hydroxyl groups excluding tert-OH is 1. The molecule has 1 atom stereocenters. The van der Waals surface area contributed by atoms with Crippen LogP contribution in [0.5, 0.6) is 0 Å². The third kappa shape index (κ3) is 6.11. The van der Waals surface area contributed by atoms with Crippen molar-refractivity contribution in [1.82, 2.24) is 9.78 Å². The molecular formula is C12H22N2O4. The molecule has 1 N–H and O–H groups in total. The first kappa shape index (κ1) is 15.1. The van der Waals surface area contributed by atoms with Gasteiger partial charge in [0.2, 0.25) is 0 Å². The average Bonchev–Trinajstić information content (AvgIpc) is 2.81. The molecule has 1 aromatic rings. The van der Waals surface area contributed by atoms with E-state index in [0.29, 0.717) is 39.6 Å². The molecule has 1 unspecified atom stereocenters. The number of aromatic nitrogens is 2. The van der Waals surface area contributed by atoms with Crippen molar-refractivity contribution in [2.45, 2.75) is 19.6 Å². The van der Waals surface area contributed by atoms with E-state index in [4.69, 9.17) is 14.2 Å². The van der Waals surface area contributed by atoms with Gasteiger partial charge in [-0.3, -0.25) is 4.68 Å². The van der Waals surface area contributed by atoms with Gasteiger partial charge in [0.25, 0.3) is 0 Å². The first-order valence-corrected chi connectivity index (χ1v) is 6.09. The minimum atomic E-state index is -0.478. The van der Waals surface area contributed by atoms with Crippen LogP contribution in [0.3, 0.4) is 0 Å². The molecule has 0 aliphatic heterocycles. The Bertz CT molecular complexity index is 315. The number of methoxy groups -OCH3 is 1. The Morgan fingerprint density at radius 2 is 1.89 bits per heavy atom. The van der Waals surface area contributed by atoms with Crippen LogP contribution < -0.4 is 0 Å². The zero-order valence-electron chi connectivity index (χ0n) is 11.0. The van der Waals surface area contributed by atoms with Crippen LogP contribution >= 0.6 is 0 Å². The van der Waals surface area contributed by atoms with Gasteiger partial charge < -0.3 is 19.3 Å². The Hall–Kier alpha value is -0.950. The number of hydrogen-bond acceptors (Lipinski definition) is 5. The number of hydrogen-bond donors (Lipinski definition) is 1. The summed E-state index contributed by atoms with van der Waals surface area (Å²) in [5.41, 5.74) is 0.817. The highest BCUT2D eigenvalue weighted by Gasteiger charge is 2.03. The van der Waals surface area contributed by atoms with Crippen LogP contribution in [0.4, 0.5) is 0 Å². The van der Waals surface area contributed by atoms with Crippen LogP contribution in [0, 0.1) is 0 Å².